The molecule has 74 heavy (non-hydrogen) atoms. The van der Waals surface area contributed by atoms with E-state index in [1.165, 1.54) is 88.5 Å². The highest BCUT2D eigenvalue weighted by Gasteiger charge is 2.44. The molecule has 0 atom stereocenters. The topological polar surface area (TPSA) is 42.7 Å². The van der Waals surface area contributed by atoms with Gasteiger partial charge in [-0.05, 0) is 170 Å². The molecule has 0 bridgehead atoms. The molecule has 0 radical (unpaired) electrons. The normalized spacial score (nSPS) is 15.3. The molecule has 0 saturated carbocycles. The smallest absolute Gasteiger partial charge is 0.143 e. The predicted molar refractivity (Wildman–Crippen MR) is 306 cm³/mol. The van der Waals surface area contributed by atoms with Gasteiger partial charge in [0.05, 0.1) is 0 Å². The van der Waals surface area contributed by atoms with E-state index in [2.05, 4.69) is 223 Å². The summed E-state index contributed by atoms with van der Waals surface area (Å²) in [5.41, 5.74) is 27.3. The highest BCUT2D eigenvalue weighted by atomic mass is 16.3. The summed E-state index contributed by atoms with van der Waals surface area (Å²) in [4.78, 5) is 2.47. The van der Waals surface area contributed by atoms with Crippen LogP contribution in [0.15, 0.2) is 195 Å². The highest BCUT2D eigenvalue weighted by Crippen LogP contribution is 2.60. The first kappa shape index (κ1) is 42.0. The van der Waals surface area contributed by atoms with E-state index in [9.17, 15) is 0 Å². The van der Waals surface area contributed by atoms with Crippen molar-refractivity contribution < 1.29 is 13.3 Å². The van der Waals surface area contributed by atoms with Crippen LogP contribution in [0.4, 0.5) is 17.1 Å². The Morgan fingerprint density at radius 1 is 0.324 bits per heavy atom. The van der Waals surface area contributed by atoms with Gasteiger partial charge in [-0.15, -0.1) is 0 Å². The Bertz CT molecular complexity index is 4640. The monoisotopic (exact) mass is 953 g/mol. The maximum absolute atomic E-state index is 6.93. The van der Waals surface area contributed by atoms with E-state index >= 15 is 0 Å². The van der Waals surface area contributed by atoms with Gasteiger partial charge in [0.2, 0.25) is 0 Å². The standard InChI is InChI=1S/C70H51NO3/c1-38-20-23-40(24-21-38)71(41-25-27-43-49-36-56-51(37-55(49)69(4,5)53(43)33-41)64-52(68(56,2)3)29-31-62-65(64)46-15-9-12-18-59(46)73-62)42-26-28-45-54(34-42)70(6,7)57-35-48(67-66(63(45)57)47-16-10-13-19-60(47)74-67)39-22-30-61-50(32-39)44-14-8-11-17-58(44)72-61/h8-37H,1-7H3. The molecular formula is C70H51NO3. The van der Waals surface area contributed by atoms with Crippen molar-refractivity contribution in [3.63, 3.8) is 0 Å². The van der Waals surface area contributed by atoms with Gasteiger partial charge in [-0.1, -0.05) is 138 Å². The van der Waals surface area contributed by atoms with Gasteiger partial charge < -0.3 is 18.2 Å². The maximum atomic E-state index is 6.93. The molecule has 0 N–H and O–H groups in total. The van der Waals surface area contributed by atoms with Gasteiger partial charge in [-0.25, -0.2) is 0 Å². The quantitative estimate of drug-likeness (QED) is 0.176. The first-order valence-electron chi connectivity index (χ1n) is 26.1. The fourth-order valence-corrected chi connectivity index (χ4v) is 13.9. The summed E-state index contributed by atoms with van der Waals surface area (Å²) in [6, 6.07) is 67.2. The van der Waals surface area contributed by atoms with E-state index in [1.807, 2.05) is 12.1 Å². The van der Waals surface area contributed by atoms with E-state index in [1.54, 1.807) is 0 Å². The Morgan fingerprint density at radius 3 is 1.57 bits per heavy atom. The molecule has 4 heteroatoms. The molecule has 3 heterocycles. The SMILES string of the molecule is Cc1ccc(N(c2ccc3c(c2)C(C)(C)c2cc4c(cc2-3)C(C)(C)c2ccc3oc5ccccc5c3c2-4)c2ccc3c(c2)C(C)(C)c2cc(-c4ccc5oc6ccccc6c5c4)c4oc5ccccc5c4c2-3)cc1. The fourth-order valence-electron chi connectivity index (χ4n) is 13.9. The molecule has 0 fully saturated rings. The molecule has 10 aromatic carbocycles. The molecule has 16 rings (SSSR count). The zero-order valence-corrected chi connectivity index (χ0v) is 42.5. The number of benzene rings is 10. The second kappa shape index (κ2) is 14.1. The van der Waals surface area contributed by atoms with Crippen LogP contribution in [0.3, 0.4) is 0 Å². The first-order chi connectivity index (χ1) is 35.8. The van der Waals surface area contributed by atoms with Crippen LogP contribution in [0, 0.1) is 6.92 Å². The van der Waals surface area contributed by atoms with Gasteiger partial charge in [0.15, 0.2) is 0 Å². The Hall–Kier alpha value is -8.60. The van der Waals surface area contributed by atoms with Crippen molar-refractivity contribution in [3.8, 4) is 44.5 Å². The number of fused-ring (bicyclic) bond motifs is 20. The average molecular weight is 954 g/mol. The molecule has 3 aliphatic rings. The average Bonchev–Trinajstić information content (AvgIpc) is 4.23. The van der Waals surface area contributed by atoms with E-state index in [-0.39, 0.29) is 16.2 Å². The van der Waals surface area contributed by atoms with Gasteiger partial charge in [0.1, 0.15) is 33.5 Å². The maximum Gasteiger partial charge on any atom is 0.143 e. The number of nitrogens with zero attached hydrogens (tertiary/aromatic N) is 1. The van der Waals surface area contributed by atoms with Crippen LogP contribution < -0.4 is 4.90 Å². The fraction of sp³-hybridized carbons (Fsp3) is 0.143. The van der Waals surface area contributed by atoms with Gasteiger partial charge in [0, 0.05) is 71.2 Å². The van der Waals surface area contributed by atoms with Gasteiger partial charge in [-0.2, -0.15) is 0 Å². The Labute approximate surface area is 429 Å². The minimum absolute atomic E-state index is 0.176. The van der Waals surface area contributed by atoms with Crippen molar-refractivity contribution in [1.82, 2.24) is 0 Å². The molecule has 4 nitrogen and oxygen atoms in total. The largest absolute Gasteiger partial charge is 0.456 e. The minimum atomic E-state index is -0.337. The van der Waals surface area contributed by atoms with Crippen molar-refractivity contribution in [3.05, 3.63) is 221 Å². The molecule has 354 valence electrons. The molecule has 0 aliphatic heterocycles. The summed E-state index contributed by atoms with van der Waals surface area (Å²) in [7, 11) is 0. The molecule has 0 unspecified atom stereocenters. The number of rotatable bonds is 4. The number of anilines is 3. The highest BCUT2D eigenvalue weighted by molar-refractivity contribution is 6.20. The zero-order valence-electron chi connectivity index (χ0n) is 42.5. The van der Waals surface area contributed by atoms with Crippen molar-refractivity contribution in [2.45, 2.75) is 64.7 Å². The summed E-state index contributed by atoms with van der Waals surface area (Å²) in [6.07, 6.45) is 0. The number of furan rings is 3. The minimum Gasteiger partial charge on any atom is -0.456 e. The summed E-state index contributed by atoms with van der Waals surface area (Å²) in [5, 5.41) is 6.92. The molecule has 3 aliphatic carbocycles. The zero-order chi connectivity index (χ0) is 49.7. The Kier molecular flexibility index (Phi) is 8.01. The second-order valence-electron chi connectivity index (χ2n) is 22.9. The summed E-state index contributed by atoms with van der Waals surface area (Å²) in [6.45, 7) is 16.6. The summed E-state index contributed by atoms with van der Waals surface area (Å²) < 4.78 is 19.7. The third-order valence-corrected chi connectivity index (χ3v) is 17.7. The van der Waals surface area contributed by atoms with Crippen LogP contribution >= 0.6 is 0 Å². The van der Waals surface area contributed by atoms with Gasteiger partial charge >= 0.3 is 0 Å². The molecule has 0 saturated heterocycles. The Balaban J connectivity index is 0.851. The summed E-state index contributed by atoms with van der Waals surface area (Å²) in [5.74, 6) is 0. The van der Waals surface area contributed by atoms with Crippen LogP contribution in [0.5, 0.6) is 0 Å². The molecule has 0 amide bonds. The Morgan fingerprint density at radius 2 is 0.824 bits per heavy atom. The lowest BCUT2D eigenvalue weighted by molar-refractivity contribution is 0.651. The van der Waals surface area contributed by atoms with E-state index in [0.29, 0.717) is 0 Å². The molecule has 13 aromatic rings. The first-order valence-corrected chi connectivity index (χ1v) is 26.1. The van der Waals surface area contributed by atoms with Crippen LogP contribution in [0.25, 0.3) is 110 Å². The van der Waals surface area contributed by atoms with Crippen molar-refractivity contribution >= 4 is 82.9 Å². The molecule has 3 aromatic heterocycles. The lowest BCUT2D eigenvalue weighted by Gasteiger charge is -2.30. The van der Waals surface area contributed by atoms with Gasteiger partial charge in [0.25, 0.3) is 0 Å². The van der Waals surface area contributed by atoms with Crippen molar-refractivity contribution in [2.75, 3.05) is 4.90 Å². The summed E-state index contributed by atoms with van der Waals surface area (Å²) >= 11 is 0. The van der Waals surface area contributed by atoms with Crippen LogP contribution in [0.2, 0.25) is 0 Å². The lowest BCUT2D eigenvalue weighted by Crippen LogP contribution is -2.18. The van der Waals surface area contributed by atoms with E-state index in [0.717, 1.165) is 77.8 Å². The second-order valence-corrected chi connectivity index (χ2v) is 22.9. The number of aryl methyl sites for hydroxylation is 1. The van der Waals surface area contributed by atoms with Crippen molar-refractivity contribution in [2.24, 2.45) is 0 Å². The van der Waals surface area contributed by atoms with E-state index < -0.39 is 0 Å². The molecular weight excluding hydrogens is 903 g/mol. The van der Waals surface area contributed by atoms with Crippen LogP contribution in [-0.2, 0) is 16.2 Å². The number of hydrogen-bond acceptors (Lipinski definition) is 4. The number of para-hydroxylation sites is 3. The van der Waals surface area contributed by atoms with Crippen LogP contribution in [-0.4, -0.2) is 0 Å². The van der Waals surface area contributed by atoms with Gasteiger partial charge in [-0.3, -0.25) is 0 Å². The number of hydrogen-bond donors (Lipinski definition) is 0. The third-order valence-electron chi connectivity index (χ3n) is 17.7. The predicted octanol–water partition coefficient (Wildman–Crippen LogP) is 19.7. The van der Waals surface area contributed by atoms with E-state index in [4.69, 9.17) is 13.3 Å². The lowest BCUT2D eigenvalue weighted by atomic mass is 9.79. The van der Waals surface area contributed by atoms with Crippen molar-refractivity contribution in [1.29, 1.82) is 0 Å². The van der Waals surface area contributed by atoms with Crippen LogP contribution in [0.1, 0.15) is 80.5 Å². The molecule has 0 spiro atoms. The third kappa shape index (κ3) is 5.37.